The van der Waals surface area contributed by atoms with Gasteiger partial charge < -0.3 is 9.30 Å². The van der Waals surface area contributed by atoms with Crippen molar-refractivity contribution in [1.82, 2.24) is 9.55 Å². The maximum atomic E-state index is 5.94. The van der Waals surface area contributed by atoms with E-state index in [4.69, 9.17) is 9.72 Å². The van der Waals surface area contributed by atoms with Gasteiger partial charge in [-0.3, -0.25) is 0 Å². The van der Waals surface area contributed by atoms with E-state index in [0.29, 0.717) is 5.92 Å². The van der Waals surface area contributed by atoms with Crippen LogP contribution in [0.3, 0.4) is 0 Å². The fourth-order valence-corrected chi connectivity index (χ4v) is 3.70. The molecule has 0 radical (unpaired) electrons. The molecule has 0 atom stereocenters. The lowest BCUT2D eigenvalue weighted by atomic mass is 10.0. The maximum Gasteiger partial charge on any atom is 0.133 e. The van der Waals surface area contributed by atoms with Crippen LogP contribution in [0.25, 0.3) is 23.2 Å². The average molecular weight is 411 g/mol. The second-order valence-corrected chi connectivity index (χ2v) is 8.13. The molecule has 31 heavy (non-hydrogen) atoms. The number of unbranched alkanes of at least 4 members (excludes halogenated alkanes) is 1. The van der Waals surface area contributed by atoms with Crippen molar-refractivity contribution in [1.29, 1.82) is 0 Å². The Hall–Kier alpha value is -3.33. The van der Waals surface area contributed by atoms with Crippen LogP contribution in [0.2, 0.25) is 0 Å². The molecule has 0 bridgehead atoms. The van der Waals surface area contributed by atoms with Gasteiger partial charge in [0.25, 0.3) is 0 Å². The number of fused-ring (bicyclic) bond motifs is 1. The molecule has 1 heterocycles. The summed E-state index contributed by atoms with van der Waals surface area (Å²) in [6.07, 6.45) is 6.28. The Bertz CT molecular complexity index is 1120. The fraction of sp³-hybridized carbons (Fsp3) is 0.250. The van der Waals surface area contributed by atoms with Gasteiger partial charge in [0.2, 0.25) is 0 Å². The zero-order valence-electron chi connectivity index (χ0n) is 18.4. The van der Waals surface area contributed by atoms with Gasteiger partial charge >= 0.3 is 0 Å². The second kappa shape index (κ2) is 10.1. The number of benzene rings is 3. The van der Waals surface area contributed by atoms with Gasteiger partial charge in [0.1, 0.15) is 11.6 Å². The Morgan fingerprint density at radius 2 is 1.58 bits per heavy atom. The summed E-state index contributed by atoms with van der Waals surface area (Å²) in [5.41, 5.74) is 4.74. The van der Waals surface area contributed by atoms with Crippen molar-refractivity contribution in [3.63, 3.8) is 0 Å². The molecule has 158 valence electrons. The summed E-state index contributed by atoms with van der Waals surface area (Å²) >= 11 is 0. The monoisotopic (exact) mass is 410 g/mol. The number of ether oxygens (including phenoxy) is 1. The van der Waals surface area contributed by atoms with E-state index in [1.807, 2.05) is 12.1 Å². The molecule has 3 heteroatoms. The summed E-state index contributed by atoms with van der Waals surface area (Å²) in [6, 6.07) is 27.2. The molecule has 3 nitrogen and oxygen atoms in total. The number of hydrogen-bond donors (Lipinski definition) is 0. The van der Waals surface area contributed by atoms with Crippen molar-refractivity contribution in [2.75, 3.05) is 6.61 Å². The highest BCUT2D eigenvalue weighted by atomic mass is 16.5. The third-order valence-corrected chi connectivity index (χ3v) is 5.50. The quantitative estimate of drug-likeness (QED) is 0.273. The molecule has 0 N–H and O–H groups in total. The Morgan fingerprint density at radius 1 is 0.839 bits per heavy atom. The Morgan fingerprint density at radius 3 is 2.35 bits per heavy atom. The van der Waals surface area contributed by atoms with Crippen molar-refractivity contribution in [2.24, 2.45) is 0 Å². The summed E-state index contributed by atoms with van der Waals surface area (Å²) in [7, 11) is 0. The van der Waals surface area contributed by atoms with E-state index < -0.39 is 0 Å². The first-order chi connectivity index (χ1) is 15.2. The van der Waals surface area contributed by atoms with Gasteiger partial charge in [0.05, 0.1) is 17.6 Å². The topological polar surface area (TPSA) is 27.1 Å². The molecule has 0 spiro atoms. The zero-order valence-corrected chi connectivity index (χ0v) is 18.4. The SMILES string of the molecule is CC(C)c1ccc(OCCCCn2c(/C=C/c3ccccc3)nc3ccccc32)cc1. The summed E-state index contributed by atoms with van der Waals surface area (Å²) in [5.74, 6) is 2.49. The molecule has 0 aliphatic rings. The molecular weight excluding hydrogens is 380 g/mol. The third kappa shape index (κ3) is 5.43. The second-order valence-electron chi connectivity index (χ2n) is 8.13. The highest BCUT2D eigenvalue weighted by Crippen LogP contribution is 2.20. The lowest BCUT2D eigenvalue weighted by Gasteiger charge is -2.10. The summed E-state index contributed by atoms with van der Waals surface area (Å²) in [4.78, 5) is 4.84. The van der Waals surface area contributed by atoms with E-state index in [9.17, 15) is 0 Å². The maximum absolute atomic E-state index is 5.94. The number of hydrogen-bond acceptors (Lipinski definition) is 2. The number of rotatable bonds is 9. The van der Waals surface area contributed by atoms with Crippen molar-refractivity contribution in [3.05, 3.63) is 95.8 Å². The first kappa shape index (κ1) is 20.9. The molecule has 4 aromatic rings. The lowest BCUT2D eigenvalue weighted by Crippen LogP contribution is -2.04. The molecule has 0 saturated heterocycles. The molecule has 0 saturated carbocycles. The largest absolute Gasteiger partial charge is 0.494 e. The van der Waals surface area contributed by atoms with Gasteiger partial charge in [-0.15, -0.1) is 0 Å². The minimum atomic E-state index is 0.546. The van der Waals surface area contributed by atoms with Crippen LogP contribution in [-0.2, 0) is 6.54 Å². The third-order valence-electron chi connectivity index (χ3n) is 5.50. The van der Waals surface area contributed by atoms with Crippen LogP contribution in [0.4, 0.5) is 0 Å². The molecule has 0 unspecified atom stereocenters. The van der Waals surface area contributed by atoms with E-state index in [-0.39, 0.29) is 0 Å². The van der Waals surface area contributed by atoms with Crippen LogP contribution >= 0.6 is 0 Å². The molecule has 0 fully saturated rings. The minimum Gasteiger partial charge on any atom is -0.494 e. The van der Waals surface area contributed by atoms with Crippen LogP contribution in [-0.4, -0.2) is 16.2 Å². The summed E-state index contributed by atoms with van der Waals surface area (Å²) < 4.78 is 8.26. The molecule has 0 aliphatic heterocycles. The van der Waals surface area contributed by atoms with Crippen LogP contribution in [0, 0.1) is 0 Å². The smallest absolute Gasteiger partial charge is 0.133 e. The summed E-state index contributed by atoms with van der Waals surface area (Å²) in [5, 5.41) is 0. The first-order valence-electron chi connectivity index (χ1n) is 11.1. The van der Waals surface area contributed by atoms with E-state index in [1.54, 1.807) is 0 Å². The highest BCUT2D eigenvalue weighted by Gasteiger charge is 2.08. The Balaban J connectivity index is 1.38. The number of aromatic nitrogens is 2. The van der Waals surface area contributed by atoms with Gasteiger partial charge in [-0.25, -0.2) is 4.98 Å². The standard InChI is InChI=1S/C28H30N2O/c1-22(2)24-15-17-25(18-16-24)31-21-9-8-20-30-27-13-7-6-12-26(27)29-28(30)19-14-23-10-4-3-5-11-23/h3-7,10-19,22H,8-9,20-21H2,1-2H3/b19-14+. The van der Waals surface area contributed by atoms with Crippen LogP contribution in [0.15, 0.2) is 78.9 Å². The number of aryl methyl sites for hydroxylation is 1. The lowest BCUT2D eigenvalue weighted by molar-refractivity contribution is 0.303. The molecule has 3 aromatic carbocycles. The van der Waals surface area contributed by atoms with Crippen molar-refractivity contribution >= 4 is 23.2 Å². The van der Waals surface area contributed by atoms with Gasteiger partial charge in [-0.05, 0) is 60.2 Å². The van der Waals surface area contributed by atoms with Crippen molar-refractivity contribution in [3.8, 4) is 5.75 Å². The van der Waals surface area contributed by atoms with Gasteiger partial charge in [-0.1, -0.05) is 74.5 Å². The van der Waals surface area contributed by atoms with E-state index in [0.717, 1.165) is 43.1 Å². The van der Waals surface area contributed by atoms with E-state index >= 15 is 0 Å². The average Bonchev–Trinajstić information content (AvgIpc) is 3.16. The van der Waals surface area contributed by atoms with Gasteiger partial charge in [0.15, 0.2) is 0 Å². The predicted molar refractivity (Wildman–Crippen MR) is 130 cm³/mol. The van der Waals surface area contributed by atoms with Crippen molar-refractivity contribution in [2.45, 2.75) is 39.2 Å². The van der Waals surface area contributed by atoms with E-state index in [2.05, 4.69) is 97.3 Å². The molecule has 1 aromatic heterocycles. The summed E-state index contributed by atoms with van der Waals surface area (Å²) in [6.45, 7) is 6.06. The highest BCUT2D eigenvalue weighted by molar-refractivity contribution is 5.79. The van der Waals surface area contributed by atoms with Crippen LogP contribution in [0.1, 0.15) is 49.6 Å². The number of imidazole rings is 1. The van der Waals surface area contributed by atoms with Gasteiger partial charge in [0, 0.05) is 6.54 Å². The minimum absolute atomic E-state index is 0.546. The predicted octanol–water partition coefficient (Wildman–Crippen LogP) is 7.19. The molecular formula is C28H30N2O. The van der Waals surface area contributed by atoms with Gasteiger partial charge in [-0.2, -0.15) is 0 Å². The zero-order chi connectivity index (χ0) is 21.5. The fourth-order valence-electron chi connectivity index (χ4n) is 3.70. The van der Waals surface area contributed by atoms with Crippen LogP contribution < -0.4 is 4.74 Å². The molecule has 0 amide bonds. The normalized spacial score (nSPS) is 11.6. The Kier molecular flexibility index (Phi) is 6.83. The molecule has 4 rings (SSSR count). The molecule has 0 aliphatic carbocycles. The van der Waals surface area contributed by atoms with Crippen molar-refractivity contribution < 1.29 is 4.74 Å². The number of para-hydroxylation sites is 2. The van der Waals surface area contributed by atoms with E-state index in [1.165, 1.54) is 16.6 Å². The first-order valence-corrected chi connectivity index (χ1v) is 11.1. The number of nitrogens with zero attached hydrogens (tertiary/aromatic N) is 2. The Labute approximate surface area is 185 Å². The van der Waals surface area contributed by atoms with Crippen LogP contribution in [0.5, 0.6) is 5.75 Å².